The summed E-state index contributed by atoms with van der Waals surface area (Å²) in [5.41, 5.74) is 1.59. The minimum absolute atomic E-state index is 0.0198. The van der Waals surface area contributed by atoms with Gasteiger partial charge in [-0.15, -0.1) is 0 Å². The molecule has 0 spiro atoms. The van der Waals surface area contributed by atoms with Gasteiger partial charge in [-0.3, -0.25) is 4.98 Å². The van der Waals surface area contributed by atoms with Crippen LogP contribution >= 0.6 is 0 Å². The highest BCUT2D eigenvalue weighted by molar-refractivity contribution is 5.94. The van der Waals surface area contributed by atoms with Gasteiger partial charge in [-0.05, 0) is 25.8 Å². The van der Waals surface area contributed by atoms with Gasteiger partial charge in [0.1, 0.15) is 5.56 Å². The Morgan fingerprint density at radius 1 is 1.42 bits per heavy atom. The van der Waals surface area contributed by atoms with Gasteiger partial charge in [0.2, 0.25) is 0 Å². The van der Waals surface area contributed by atoms with Gasteiger partial charge in [0, 0.05) is 18.9 Å². The van der Waals surface area contributed by atoms with E-state index in [4.69, 9.17) is 0 Å². The van der Waals surface area contributed by atoms with E-state index >= 15 is 0 Å². The number of pyridine rings is 1. The maximum Gasteiger partial charge on any atom is 0.339 e. The van der Waals surface area contributed by atoms with Gasteiger partial charge in [-0.2, -0.15) is 0 Å². The number of rotatable bonds is 3. The molecular weight excluding hydrogens is 244 g/mol. The Morgan fingerprint density at radius 3 is 2.74 bits per heavy atom. The molecule has 0 aromatic carbocycles. The van der Waals surface area contributed by atoms with Gasteiger partial charge in [-0.25, -0.2) is 4.79 Å². The highest BCUT2D eigenvalue weighted by atomic mass is 16.4. The highest BCUT2D eigenvalue weighted by Crippen LogP contribution is 2.29. The number of anilines is 1. The number of hydrogen-bond acceptors (Lipinski definition) is 4. The zero-order chi connectivity index (χ0) is 14.0. The first-order valence-electron chi connectivity index (χ1n) is 6.61. The van der Waals surface area contributed by atoms with Crippen LogP contribution in [-0.2, 0) is 0 Å². The third kappa shape index (κ3) is 2.87. The summed E-state index contributed by atoms with van der Waals surface area (Å²) in [6.45, 7) is 1.83. The summed E-state index contributed by atoms with van der Waals surface area (Å²) in [5, 5.41) is 19.3. The second-order valence-electron chi connectivity index (χ2n) is 5.18. The lowest BCUT2D eigenvalue weighted by Crippen LogP contribution is -2.44. The maximum atomic E-state index is 11.3. The number of carboxylic acids is 1. The fourth-order valence-electron chi connectivity index (χ4n) is 2.72. The molecule has 19 heavy (non-hydrogen) atoms. The van der Waals surface area contributed by atoms with Gasteiger partial charge in [0.05, 0.1) is 17.8 Å². The topological polar surface area (TPSA) is 73.7 Å². The SMILES string of the molecule is Cc1cc(N(C)C2CCCCC2O)c(C(=O)O)cn1. The first-order valence-corrected chi connectivity index (χ1v) is 6.61. The molecule has 1 heterocycles. The van der Waals surface area contributed by atoms with Gasteiger partial charge >= 0.3 is 5.97 Å². The summed E-state index contributed by atoms with van der Waals surface area (Å²) in [6, 6.07) is 1.75. The average Bonchev–Trinajstić information content (AvgIpc) is 2.38. The van der Waals surface area contributed by atoms with Crippen LogP contribution in [-0.4, -0.2) is 40.4 Å². The van der Waals surface area contributed by atoms with Gasteiger partial charge < -0.3 is 15.1 Å². The number of likely N-dealkylation sites (N-methyl/N-ethyl adjacent to an activating group) is 1. The Kier molecular flexibility index (Phi) is 4.04. The van der Waals surface area contributed by atoms with E-state index in [0.29, 0.717) is 5.69 Å². The van der Waals surface area contributed by atoms with Crippen LogP contribution in [0.15, 0.2) is 12.3 Å². The molecule has 104 valence electrons. The summed E-state index contributed by atoms with van der Waals surface area (Å²) in [4.78, 5) is 17.2. The van der Waals surface area contributed by atoms with Crippen molar-refractivity contribution in [1.29, 1.82) is 0 Å². The molecule has 0 radical (unpaired) electrons. The van der Waals surface area contributed by atoms with Crippen molar-refractivity contribution in [2.75, 3.05) is 11.9 Å². The zero-order valence-electron chi connectivity index (χ0n) is 11.3. The quantitative estimate of drug-likeness (QED) is 0.871. The molecule has 2 atom stereocenters. The molecule has 1 aromatic heterocycles. The monoisotopic (exact) mass is 264 g/mol. The molecule has 5 heteroatoms. The molecule has 2 N–H and O–H groups in total. The van der Waals surface area contributed by atoms with Crippen LogP contribution in [0.25, 0.3) is 0 Å². The maximum absolute atomic E-state index is 11.3. The van der Waals surface area contributed by atoms with Crippen LogP contribution in [0.3, 0.4) is 0 Å². The van der Waals surface area contributed by atoms with E-state index in [1.165, 1.54) is 6.20 Å². The van der Waals surface area contributed by atoms with Crippen molar-refractivity contribution in [3.05, 3.63) is 23.5 Å². The van der Waals surface area contributed by atoms with Crippen LogP contribution in [0.2, 0.25) is 0 Å². The number of aliphatic hydroxyl groups is 1. The van der Waals surface area contributed by atoms with Gasteiger partial charge in [0.25, 0.3) is 0 Å². The van der Waals surface area contributed by atoms with Crippen LogP contribution in [0.4, 0.5) is 5.69 Å². The molecule has 0 amide bonds. The highest BCUT2D eigenvalue weighted by Gasteiger charge is 2.28. The number of aliphatic hydroxyl groups excluding tert-OH is 1. The Bertz CT molecular complexity index is 476. The number of hydrogen-bond donors (Lipinski definition) is 2. The molecule has 0 bridgehead atoms. The van der Waals surface area contributed by atoms with Crippen LogP contribution in [0.1, 0.15) is 41.7 Å². The van der Waals surface area contributed by atoms with Crippen molar-refractivity contribution >= 4 is 11.7 Å². The third-order valence-electron chi connectivity index (χ3n) is 3.82. The molecule has 2 rings (SSSR count). The molecule has 1 saturated carbocycles. The van der Waals surface area contributed by atoms with E-state index in [2.05, 4.69) is 4.98 Å². The summed E-state index contributed by atoms with van der Waals surface area (Å²) >= 11 is 0. The fraction of sp³-hybridized carbons (Fsp3) is 0.571. The lowest BCUT2D eigenvalue weighted by atomic mass is 9.91. The van der Waals surface area contributed by atoms with E-state index in [0.717, 1.165) is 31.4 Å². The van der Waals surface area contributed by atoms with Crippen molar-refractivity contribution < 1.29 is 15.0 Å². The second kappa shape index (κ2) is 5.57. The molecule has 5 nitrogen and oxygen atoms in total. The summed E-state index contributed by atoms with van der Waals surface area (Å²) in [7, 11) is 1.85. The molecule has 1 aromatic rings. The Labute approximate surface area is 112 Å². The molecule has 1 aliphatic carbocycles. The summed E-state index contributed by atoms with van der Waals surface area (Å²) in [6.07, 6.45) is 4.76. The van der Waals surface area contributed by atoms with Crippen LogP contribution < -0.4 is 4.90 Å². The van der Waals surface area contributed by atoms with E-state index in [9.17, 15) is 15.0 Å². The van der Waals surface area contributed by atoms with Crippen molar-refractivity contribution in [1.82, 2.24) is 4.98 Å². The fourth-order valence-corrected chi connectivity index (χ4v) is 2.72. The number of aromatic nitrogens is 1. The summed E-state index contributed by atoms with van der Waals surface area (Å²) < 4.78 is 0. The van der Waals surface area contributed by atoms with E-state index in [1.807, 2.05) is 18.9 Å². The van der Waals surface area contributed by atoms with Crippen LogP contribution in [0.5, 0.6) is 0 Å². The lowest BCUT2D eigenvalue weighted by Gasteiger charge is -2.37. The Morgan fingerprint density at radius 2 is 2.11 bits per heavy atom. The first kappa shape index (κ1) is 13.8. The van der Waals surface area contributed by atoms with Crippen molar-refractivity contribution in [2.24, 2.45) is 0 Å². The zero-order valence-corrected chi connectivity index (χ0v) is 11.3. The number of aryl methyl sites for hydroxylation is 1. The van der Waals surface area contributed by atoms with Crippen LogP contribution in [0, 0.1) is 6.92 Å². The predicted octanol–water partition coefficient (Wildman–Crippen LogP) is 1.83. The van der Waals surface area contributed by atoms with E-state index < -0.39 is 12.1 Å². The normalized spacial score (nSPS) is 23.1. The minimum atomic E-state index is -0.986. The standard InChI is InChI=1S/C14H20N2O3/c1-9-7-12(10(8-15-9)14(18)19)16(2)11-5-3-4-6-13(11)17/h7-8,11,13,17H,3-6H2,1-2H3,(H,18,19). The number of nitrogens with zero attached hydrogens (tertiary/aromatic N) is 2. The minimum Gasteiger partial charge on any atom is -0.478 e. The lowest BCUT2D eigenvalue weighted by molar-refractivity contribution is 0.0695. The smallest absolute Gasteiger partial charge is 0.339 e. The summed E-state index contributed by atoms with van der Waals surface area (Å²) in [5.74, 6) is -0.986. The predicted molar refractivity (Wildman–Crippen MR) is 72.6 cm³/mol. The molecular formula is C14H20N2O3. The third-order valence-corrected chi connectivity index (χ3v) is 3.82. The van der Waals surface area contributed by atoms with E-state index in [1.54, 1.807) is 6.07 Å². The molecule has 0 aliphatic heterocycles. The van der Waals surface area contributed by atoms with Crippen molar-refractivity contribution in [3.63, 3.8) is 0 Å². The Hall–Kier alpha value is -1.62. The second-order valence-corrected chi connectivity index (χ2v) is 5.18. The molecule has 2 unspecified atom stereocenters. The number of aromatic carboxylic acids is 1. The number of carboxylic acid groups (broad SMARTS) is 1. The van der Waals surface area contributed by atoms with Gasteiger partial charge in [0.15, 0.2) is 0 Å². The van der Waals surface area contributed by atoms with Crippen molar-refractivity contribution in [3.8, 4) is 0 Å². The molecule has 0 saturated heterocycles. The number of carbonyl (C=O) groups is 1. The van der Waals surface area contributed by atoms with E-state index in [-0.39, 0.29) is 11.6 Å². The average molecular weight is 264 g/mol. The Balaban J connectivity index is 2.34. The largest absolute Gasteiger partial charge is 0.478 e. The van der Waals surface area contributed by atoms with Gasteiger partial charge in [-0.1, -0.05) is 12.8 Å². The first-order chi connectivity index (χ1) is 9.00. The molecule has 1 fully saturated rings. The van der Waals surface area contributed by atoms with Crippen molar-refractivity contribution in [2.45, 2.75) is 44.8 Å². The molecule has 1 aliphatic rings.